The summed E-state index contributed by atoms with van der Waals surface area (Å²) < 4.78 is 5.63. The molecule has 0 spiro atoms. The second kappa shape index (κ2) is 6.60. The van der Waals surface area contributed by atoms with E-state index in [0.717, 1.165) is 18.8 Å². The smallest absolute Gasteiger partial charge is 0.230 e. The lowest BCUT2D eigenvalue weighted by molar-refractivity contribution is -0.123. The molecular formula is C17H24N2O2S. The fourth-order valence-electron chi connectivity index (χ4n) is 3.57. The largest absolute Gasteiger partial charge is 0.376 e. The second-order valence-electron chi connectivity index (χ2n) is 6.45. The van der Waals surface area contributed by atoms with Crippen LogP contribution in [0.2, 0.25) is 0 Å². The second-order valence-corrected chi connectivity index (χ2v) is 7.43. The summed E-state index contributed by atoms with van der Waals surface area (Å²) in [6.45, 7) is 4.98. The van der Waals surface area contributed by atoms with Gasteiger partial charge in [0, 0.05) is 24.3 Å². The standard InChI is InChI=1S/C17H24N2O2S/c1-10-5-11(2)7-12(6-10)8-22-9-14(20)19-16-15(18)13-3-4-21-17(13)16/h5-7,13,15-17H,3-4,8-9,18H2,1-2H3,(H,19,20)/t13-,15+,16-,17-/m1/s1. The Morgan fingerprint density at radius 2 is 2.09 bits per heavy atom. The van der Waals surface area contributed by atoms with Crippen molar-refractivity contribution in [1.29, 1.82) is 0 Å². The molecule has 1 aromatic rings. The predicted molar refractivity (Wildman–Crippen MR) is 89.8 cm³/mol. The number of nitrogens with one attached hydrogen (secondary N) is 1. The average molecular weight is 320 g/mol. The summed E-state index contributed by atoms with van der Waals surface area (Å²) in [6, 6.07) is 6.58. The first-order valence-corrected chi connectivity index (χ1v) is 9.01. The van der Waals surface area contributed by atoms with Crippen LogP contribution in [0, 0.1) is 19.8 Å². The van der Waals surface area contributed by atoms with Gasteiger partial charge in [-0.1, -0.05) is 29.3 Å². The maximum absolute atomic E-state index is 12.1. The number of hydrogen-bond acceptors (Lipinski definition) is 4. The SMILES string of the molecule is Cc1cc(C)cc(CSCC(=O)N[C@@H]2[C@@H](N)[C@H]3CCO[C@H]32)c1. The molecule has 2 aliphatic rings. The van der Waals surface area contributed by atoms with Crippen molar-refractivity contribution < 1.29 is 9.53 Å². The molecule has 1 aliphatic carbocycles. The van der Waals surface area contributed by atoms with Crippen LogP contribution in [0.1, 0.15) is 23.1 Å². The van der Waals surface area contributed by atoms with E-state index in [9.17, 15) is 4.79 Å². The number of carbonyl (C=O) groups is 1. The minimum Gasteiger partial charge on any atom is -0.376 e. The van der Waals surface area contributed by atoms with Crippen LogP contribution in [-0.4, -0.2) is 36.5 Å². The average Bonchev–Trinajstić information content (AvgIpc) is 2.88. The summed E-state index contributed by atoms with van der Waals surface area (Å²) in [5, 5.41) is 3.04. The van der Waals surface area contributed by atoms with Gasteiger partial charge in [-0.3, -0.25) is 4.79 Å². The van der Waals surface area contributed by atoms with Gasteiger partial charge in [-0.05, 0) is 25.8 Å². The third-order valence-corrected chi connectivity index (χ3v) is 5.56. The number of benzene rings is 1. The van der Waals surface area contributed by atoms with Crippen LogP contribution in [0.25, 0.3) is 0 Å². The lowest BCUT2D eigenvalue weighted by Crippen LogP contribution is -2.69. The molecule has 4 nitrogen and oxygen atoms in total. The van der Waals surface area contributed by atoms with Crippen molar-refractivity contribution in [1.82, 2.24) is 5.32 Å². The van der Waals surface area contributed by atoms with E-state index in [0.29, 0.717) is 11.7 Å². The summed E-state index contributed by atoms with van der Waals surface area (Å²) in [5.74, 6) is 1.82. The first-order valence-electron chi connectivity index (χ1n) is 7.86. The third kappa shape index (κ3) is 3.31. The number of aryl methyl sites for hydroxylation is 2. The maximum atomic E-state index is 12.1. The van der Waals surface area contributed by atoms with Gasteiger partial charge in [0.25, 0.3) is 0 Å². The Morgan fingerprint density at radius 1 is 1.36 bits per heavy atom. The van der Waals surface area contributed by atoms with Gasteiger partial charge in [0.05, 0.1) is 17.9 Å². The molecule has 1 aliphatic heterocycles. The first kappa shape index (κ1) is 15.8. The number of amides is 1. The number of fused-ring (bicyclic) bond motifs is 1. The Hall–Kier alpha value is -1.04. The minimum absolute atomic E-state index is 0.00168. The Morgan fingerprint density at radius 3 is 2.82 bits per heavy atom. The van der Waals surface area contributed by atoms with Crippen LogP contribution in [0.3, 0.4) is 0 Å². The third-order valence-electron chi connectivity index (χ3n) is 4.56. The maximum Gasteiger partial charge on any atom is 0.230 e. The van der Waals surface area contributed by atoms with Crippen LogP contribution in [-0.2, 0) is 15.3 Å². The minimum atomic E-state index is 0.00168. The molecule has 0 unspecified atom stereocenters. The molecule has 3 N–H and O–H groups in total. The lowest BCUT2D eigenvalue weighted by atomic mass is 9.72. The number of ether oxygens (including phenoxy) is 1. The van der Waals surface area contributed by atoms with Crippen molar-refractivity contribution in [3.63, 3.8) is 0 Å². The molecule has 3 rings (SSSR count). The molecule has 1 heterocycles. The summed E-state index contributed by atoms with van der Waals surface area (Å²) in [5.41, 5.74) is 9.92. The molecule has 1 saturated heterocycles. The molecule has 0 aromatic heterocycles. The monoisotopic (exact) mass is 320 g/mol. The van der Waals surface area contributed by atoms with E-state index in [1.165, 1.54) is 16.7 Å². The zero-order chi connectivity index (χ0) is 15.7. The molecule has 5 heteroatoms. The molecule has 0 bridgehead atoms. The number of thioether (sulfide) groups is 1. The van der Waals surface area contributed by atoms with Crippen LogP contribution >= 0.6 is 11.8 Å². The fourth-order valence-corrected chi connectivity index (χ4v) is 4.34. The van der Waals surface area contributed by atoms with Gasteiger partial charge in [0.1, 0.15) is 0 Å². The number of nitrogens with two attached hydrogens (primary N) is 1. The molecule has 1 saturated carbocycles. The van der Waals surface area contributed by atoms with Crippen molar-refractivity contribution in [3.8, 4) is 0 Å². The quantitative estimate of drug-likeness (QED) is 0.868. The van der Waals surface area contributed by atoms with Crippen molar-refractivity contribution in [3.05, 3.63) is 34.9 Å². The molecule has 22 heavy (non-hydrogen) atoms. The van der Waals surface area contributed by atoms with Crippen LogP contribution in [0.5, 0.6) is 0 Å². The number of hydrogen-bond donors (Lipinski definition) is 2. The predicted octanol–water partition coefficient (Wildman–Crippen LogP) is 1.77. The number of rotatable bonds is 5. The van der Waals surface area contributed by atoms with Gasteiger partial charge in [-0.25, -0.2) is 0 Å². The number of carbonyl (C=O) groups excluding carboxylic acids is 1. The van der Waals surface area contributed by atoms with E-state index in [4.69, 9.17) is 10.5 Å². The summed E-state index contributed by atoms with van der Waals surface area (Å²) in [6.07, 6.45) is 1.17. The van der Waals surface area contributed by atoms with Crippen molar-refractivity contribution in [2.75, 3.05) is 12.4 Å². The Kier molecular flexibility index (Phi) is 4.76. The highest BCUT2D eigenvalue weighted by molar-refractivity contribution is 7.99. The van der Waals surface area contributed by atoms with Gasteiger partial charge in [0.15, 0.2) is 0 Å². The van der Waals surface area contributed by atoms with Gasteiger partial charge >= 0.3 is 0 Å². The molecule has 0 radical (unpaired) electrons. The lowest BCUT2D eigenvalue weighted by Gasteiger charge is -2.45. The fraction of sp³-hybridized carbons (Fsp3) is 0.588. The Balaban J connectivity index is 1.43. The Bertz CT molecular complexity index is 543. The van der Waals surface area contributed by atoms with Crippen LogP contribution < -0.4 is 11.1 Å². The van der Waals surface area contributed by atoms with Crippen molar-refractivity contribution >= 4 is 17.7 Å². The van der Waals surface area contributed by atoms with Gasteiger partial charge in [0.2, 0.25) is 5.91 Å². The van der Waals surface area contributed by atoms with E-state index in [1.807, 2.05) is 0 Å². The molecule has 120 valence electrons. The van der Waals surface area contributed by atoms with Crippen LogP contribution in [0.4, 0.5) is 0 Å². The van der Waals surface area contributed by atoms with E-state index >= 15 is 0 Å². The summed E-state index contributed by atoms with van der Waals surface area (Å²) >= 11 is 1.64. The van der Waals surface area contributed by atoms with Crippen molar-refractivity contribution in [2.24, 2.45) is 11.7 Å². The molecule has 4 atom stereocenters. The Labute approximate surface area is 136 Å². The summed E-state index contributed by atoms with van der Waals surface area (Å²) in [4.78, 5) is 12.1. The highest BCUT2D eigenvalue weighted by Gasteiger charge is 2.52. The zero-order valence-electron chi connectivity index (χ0n) is 13.2. The molecular weight excluding hydrogens is 296 g/mol. The van der Waals surface area contributed by atoms with E-state index in [1.54, 1.807) is 11.8 Å². The topological polar surface area (TPSA) is 64.4 Å². The normalized spacial score (nSPS) is 29.8. The molecule has 1 amide bonds. The van der Waals surface area contributed by atoms with E-state index < -0.39 is 0 Å². The first-order chi connectivity index (χ1) is 10.5. The summed E-state index contributed by atoms with van der Waals surface area (Å²) in [7, 11) is 0. The highest BCUT2D eigenvalue weighted by Crippen LogP contribution is 2.37. The van der Waals surface area contributed by atoms with Crippen molar-refractivity contribution in [2.45, 2.75) is 44.2 Å². The van der Waals surface area contributed by atoms with Gasteiger partial charge in [-0.15, -0.1) is 11.8 Å². The van der Waals surface area contributed by atoms with Gasteiger partial charge < -0.3 is 15.8 Å². The van der Waals surface area contributed by atoms with E-state index in [-0.39, 0.29) is 24.1 Å². The van der Waals surface area contributed by atoms with E-state index in [2.05, 4.69) is 37.4 Å². The van der Waals surface area contributed by atoms with Crippen LogP contribution in [0.15, 0.2) is 18.2 Å². The molecule has 1 aromatic carbocycles. The highest BCUT2D eigenvalue weighted by atomic mass is 32.2. The molecule has 2 fully saturated rings. The zero-order valence-corrected chi connectivity index (χ0v) is 14.0. The van der Waals surface area contributed by atoms with Gasteiger partial charge in [-0.2, -0.15) is 0 Å².